The largest absolute Gasteiger partial charge is 0.479 e. The fraction of sp³-hybridized carbons (Fsp3) is 0.261. The van der Waals surface area contributed by atoms with E-state index in [1.807, 2.05) is 0 Å². The van der Waals surface area contributed by atoms with Gasteiger partial charge in [0.2, 0.25) is 5.76 Å². The van der Waals surface area contributed by atoms with E-state index in [2.05, 4.69) is 15.9 Å². The summed E-state index contributed by atoms with van der Waals surface area (Å²) in [7, 11) is 1.33. The van der Waals surface area contributed by atoms with Gasteiger partial charge in [0.25, 0.3) is 5.88 Å². The van der Waals surface area contributed by atoms with Gasteiger partial charge in [-0.15, -0.1) is 0 Å². The number of carbonyl (C=O) groups excluding carboxylic acids is 2. The van der Waals surface area contributed by atoms with Crippen LogP contribution in [0.5, 0.6) is 5.88 Å². The van der Waals surface area contributed by atoms with E-state index in [4.69, 9.17) is 9.26 Å². The first kappa shape index (κ1) is 26.4. The molecule has 13 heteroatoms. The van der Waals surface area contributed by atoms with E-state index in [0.717, 1.165) is 23.2 Å². The number of benzene rings is 2. The summed E-state index contributed by atoms with van der Waals surface area (Å²) >= 11 is 0. The average Bonchev–Trinajstić information content (AvgIpc) is 3.30. The van der Waals surface area contributed by atoms with Gasteiger partial charge in [0.05, 0.1) is 24.8 Å². The van der Waals surface area contributed by atoms with Gasteiger partial charge >= 0.3 is 18.1 Å². The number of nitrogens with zero attached hydrogens (tertiary/aromatic N) is 2. The van der Waals surface area contributed by atoms with Crippen LogP contribution in [0, 0.1) is 11.6 Å². The van der Waals surface area contributed by atoms with Crippen molar-refractivity contribution in [3.63, 3.8) is 0 Å². The number of aromatic nitrogens is 1. The van der Waals surface area contributed by atoms with E-state index in [1.54, 1.807) is 6.92 Å². The van der Waals surface area contributed by atoms with E-state index < -0.39 is 46.9 Å². The maximum absolute atomic E-state index is 14.9. The van der Waals surface area contributed by atoms with E-state index in [9.17, 15) is 31.5 Å². The van der Waals surface area contributed by atoms with Gasteiger partial charge in [-0.2, -0.15) is 13.2 Å². The molecule has 3 aromatic rings. The van der Waals surface area contributed by atoms with E-state index in [-0.39, 0.29) is 29.3 Å². The minimum absolute atomic E-state index is 0.0246. The third-order valence-corrected chi connectivity index (χ3v) is 5.13. The van der Waals surface area contributed by atoms with Crippen LogP contribution in [0.1, 0.15) is 41.6 Å². The molecule has 192 valence electrons. The lowest BCUT2D eigenvalue weighted by Gasteiger charge is -2.24. The molecule has 1 heterocycles. The van der Waals surface area contributed by atoms with Gasteiger partial charge in [-0.3, -0.25) is 10.2 Å². The molecule has 3 amide bonds. The van der Waals surface area contributed by atoms with Crippen molar-refractivity contribution in [3.05, 3.63) is 71.0 Å². The smallest absolute Gasteiger partial charge is 0.419 e. The molecule has 0 aliphatic rings. The third-order valence-electron chi connectivity index (χ3n) is 5.13. The summed E-state index contributed by atoms with van der Waals surface area (Å²) in [6.07, 6.45) is -4.98. The van der Waals surface area contributed by atoms with E-state index in [1.165, 1.54) is 32.2 Å². The highest BCUT2D eigenvalue weighted by Crippen LogP contribution is 2.39. The number of ether oxygens (including phenoxy) is 1. The molecule has 0 radical (unpaired) electrons. The predicted molar refractivity (Wildman–Crippen MR) is 117 cm³/mol. The number of amides is 3. The summed E-state index contributed by atoms with van der Waals surface area (Å²) in [5, 5.41) is 6.87. The molecule has 2 aromatic carbocycles. The Balaban J connectivity index is 1.76. The highest BCUT2D eigenvalue weighted by molar-refractivity contribution is 5.92. The summed E-state index contributed by atoms with van der Waals surface area (Å²) in [5.74, 6) is -3.35. The first-order valence-corrected chi connectivity index (χ1v) is 10.5. The molecule has 3 rings (SSSR count). The van der Waals surface area contributed by atoms with Gasteiger partial charge in [-0.25, -0.2) is 18.6 Å². The summed E-state index contributed by atoms with van der Waals surface area (Å²) in [6, 6.07) is 5.50. The van der Waals surface area contributed by atoms with Gasteiger partial charge in [0.1, 0.15) is 11.6 Å². The number of carbonyl (C=O) groups is 2. The Bertz CT molecular complexity index is 1260. The molecule has 0 spiro atoms. The van der Waals surface area contributed by atoms with Gasteiger partial charge in [0, 0.05) is 12.1 Å². The fourth-order valence-corrected chi connectivity index (χ4v) is 3.35. The molecule has 0 saturated heterocycles. The van der Waals surface area contributed by atoms with Crippen LogP contribution in [0.2, 0.25) is 0 Å². The molecule has 0 bridgehead atoms. The number of alkyl halides is 3. The highest BCUT2D eigenvalue weighted by Gasteiger charge is 2.37. The van der Waals surface area contributed by atoms with Gasteiger partial charge in [0.15, 0.2) is 0 Å². The van der Waals surface area contributed by atoms with Crippen LogP contribution < -0.4 is 15.5 Å². The molecule has 0 saturated carbocycles. The lowest BCUT2D eigenvalue weighted by molar-refractivity contribution is -0.139. The van der Waals surface area contributed by atoms with Gasteiger partial charge < -0.3 is 14.6 Å². The Labute approximate surface area is 202 Å². The predicted octanol–water partition coefficient (Wildman–Crippen LogP) is 5.08. The van der Waals surface area contributed by atoms with Crippen molar-refractivity contribution in [2.45, 2.75) is 26.1 Å². The van der Waals surface area contributed by atoms with Crippen molar-refractivity contribution in [3.8, 4) is 17.0 Å². The number of hydrogen-bond acceptors (Lipinski definition) is 5. The van der Waals surface area contributed by atoms with Crippen molar-refractivity contribution in [2.24, 2.45) is 0 Å². The standard InChI is InChI=1S/C23H21F5N4O4/c1-4-32(30-21(33)18-11-19(35-3)31-36-18)22(34)29-12(2)14-9-8-13(10-17(14)25)15-6-5-7-16(24)20(15)23(26,27)28/h5-12H,4H2,1-3H3,(H,29,34)(H,30,33). The minimum atomic E-state index is -4.98. The van der Waals surface area contributed by atoms with Crippen LogP contribution in [-0.4, -0.2) is 35.8 Å². The van der Waals surface area contributed by atoms with Gasteiger partial charge in [-0.05, 0) is 42.3 Å². The second-order valence-electron chi connectivity index (χ2n) is 7.49. The third kappa shape index (κ3) is 5.73. The van der Waals surface area contributed by atoms with Crippen LogP contribution in [0.15, 0.2) is 47.0 Å². The maximum atomic E-state index is 14.9. The van der Waals surface area contributed by atoms with Crippen LogP contribution in [0.4, 0.5) is 26.7 Å². The van der Waals surface area contributed by atoms with E-state index in [0.29, 0.717) is 6.07 Å². The zero-order valence-corrected chi connectivity index (χ0v) is 19.2. The molecule has 8 nitrogen and oxygen atoms in total. The summed E-state index contributed by atoms with van der Waals surface area (Å²) in [4.78, 5) is 24.9. The molecule has 0 aliphatic carbocycles. The number of rotatable bonds is 6. The lowest BCUT2D eigenvalue weighted by atomic mass is 9.96. The van der Waals surface area contributed by atoms with Crippen molar-refractivity contribution >= 4 is 11.9 Å². The van der Waals surface area contributed by atoms with Crippen LogP contribution in [0.25, 0.3) is 11.1 Å². The van der Waals surface area contributed by atoms with E-state index >= 15 is 0 Å². The second-order valence-corrected chi connectivity index (χ2v) is 7.49. The molecular weight excluding hydrogens is 491 g/mol. The van der Waals surface area contributed by atoms with Crippen LogP contribution in [-0.2, 0) is 6.18 Å². The average molecular weight is 512 g/mol. The molecule has 1 atom stereocenters. The Morgan fingerprint density at radius 1 is 1.14 bits per heavy atom. The zero-order valence-electron chi connectivity index (χ0n) is 19.2. The monoisotopic (exact) mass is 512 g/mol. The number of hydrazine groups is 1. The summed E-state index contributed by atoms with van der Waals surface area (Å²) in [5.41, 5.74) is 0.0521. The van der Waals surface area contributed by atoms with Crippen molar-refractivity contribution in [1.82, 2.24) is 20.9 Å². The number of hydrogen-bond donors (Lipinski definition) is 2. The Hall–Kier alpha value is -4.16. The second kappa shape index (κ2) is 10.6. The van der Waals surface area contributed by atoms with Crippen LogP contribution >= 0.6 is 0 Å². The highest BCUT2D eigenvalue weighted by atomic mass is 19.4. The number of nitrogens with one attached hydrogen (secondary N) is 2. The minimum Gasteiger partial charge on any atom is -0.479 e. The summed E-state index contributed by atoms with van der Waals surface area (Å²) in [6.45, 7) is 3.03. The van der Waals surface area contributed by atoms with Gasteiger partial charge in [-0.1, -0.05) is 24.3 Å². The molecule has 0 aliphatic heterocycles. The molecule has 0 fully saturated rings. The number of methoxy groups -OCH3 is 1. The topological polar surface area (TPSA) is 96.7 Å². The fourth-order valence-electron chi connectivity index (χ4n) is 3.35. The quantitative estimate of drug-likeness (QED) is 0.355. The number of urea groups is 1. The van der Waals surface area contributed by atoms with Crippen molar-refractivity contribution in [1.29, 1.82) is 0 Å². The van der Waals surface area contributed by atoms with Crippen molar-refractivity contribution in [2.75, 3.05) is 13.7 Å². The zero-order chi connectivity index (χ0) is 26.6. The first-order chi connectivity index (χ1) is 17.0. The lowest BCUT2D eigenvalue weighted by Crippen LogP contribution is -2.51. The molecule has 36 heavy (non-hydrogen) atoms. The van der Waals surface area contributed by atoms with Crippen LogP contribution in [0.3, 0.4) is 0 Å². The molecular formula is C23H21F5N4O4. The summed E-state index contributed by atoms with van der Waals surface area (Å²) < 4.78 is 78.4. The Morgan fingerprint density at radius 3 is 2.44 bits per heavy atom. The SMILES string of the molecule is CCN(NC(=O)c1cc(OC)no1)C(=O)NC(C)c1ccc(-c2cccc(F)c2C(F)(F)F)cc1F. The molecule has 1 aromatic heterocycles. The Morgan fingerprint density at radius 2 is 1.86 bits per heavy atom. The molecule has 1 unspecified atom stereocenters. The Kier molecular flexibility index (Phi) is 7.80. The number of halogens is 5. The van der Waals surface area contributed by atoms with Crippen molar-refractivity contribution < 1.29 is 40.8 Å². The normalized spacial score (nSPS) is 12.1. The molecule has 2 N–H and O–H groups in total. The first-order valence-electron chi connectivity index (χ1n) is 10.5. The maximum Gasteiger partial charge on any atom is 0.419 e.